The van der Waals surface area contributed by atoms with Crippen LogP contribution in [0.2, 0.25) is 0 Å². The lowest BCUT2D eigenvalue weighted by Gasteiger charge is -2.02. The molecule has 2 nitrogen and oxygen atoms in total. The standard InChI is InChI=1S/C15H12N2S2/c1-11-7-9-13(10-8-11)18-15-14(16-17-19-15)12-5-3-2-4-6-12/h2-10H,1H3. The molecule has 0 spiro atoms. The zero-order valence-electron chi connectivity index (χ0n) is 10.4. The number of hydrogen-bond donors (Lipinski definition) is 0. The van der Waals surface area contributed by atoms with Gasteiger partial charge in [-0.15, -0.1) is 5.10 Å². The summed E-state index contributed by atoms with van der Waals surface area (Å²) in [6, 6.07) is 18.7. The second-order valence-electron chi connectivity index (χ2n) is 4.19. The molecule has 1 aromatic heterocycles. The smallest absolute Gasteiger partial charge is 0.119 e. The predicted molar refractivity (Wildman–Crippen MR) is 80.6 cm³/mol. The van der Waals surface area contributed by atoms with Gasteiger partial charge in [-0.3, -0.25) is 0 Å². The Hall–Kier alpha value is -1.65. The Morgan fingerprint density at radius 2 is 1.68 bits per heavy atom. The molecule has 0 saturated carbocycles. The molecular formula is C15H12N2S2. The summed E-state index contributed by atoms with van der Waals surface area (Å²) in [7, 11) is 0. The fourth-order valence-corrected chi connectivity index (χ4v) is 3.46. The first-order valence-corrected chi connectivity index (χ1v) is 7.54. The second-order valence-corrected chi connectivity index (χ2v) is 6.29. The first-order chi connectivity index (χ1) is 9.33. The van der Waals surface area contributed by atoms with E-state index >= 15 is 0 Å². The van der Waals surface area contributed by atoms with Crippen molar-refractivity contribution >= 4 is 23.3 Å². The topological polar surface area (TPSA) is 25.8 Å². The maximum Gasteiger partial charge on any atom is 0.119 e. The minimum atomic E-state index is 0.969. The van der Waals surface area contributed by atoms with Crippen LogP contribution in [0.1, 0.15) is 5.56 Å². The van der Waals surface area contributed by atoms with E-state index in [1.54, 1.807) is 11.8 Å². The maximum atomic E-state index is 4.25. The summed E-state index contributed by atoms with van der Waals surface area (Å²) in [6.07, 6.45) is 0. The van der Waals surface area contributed by atoms with Gasteiger partial charge in [0, 0.05) is 10.5 Å². The molecule has 0 amide bonds. The van der Waals surface area contributed by atoms with Gasteiger partial charge in [-0.1, -0.05) is 64.3 Å². The molecule has 3 rings (SSSR count). The Labute approximate surface area is 120 Å². The minimum absolute atomic E-state index is 0.969. The van der Waals surface area contributed by atoms with Crippen LogP contribution in [0.3, 0.4) is 0 Å². The van der Waals surface area contributed by atoms with Crippen LogP contribution in [-0.2, 0) is 0 Å². The molecule has 94 valence electrons. The molecule has 3 aromatic rings. The van der Waals surface area contributed by atoms with Crippen LogP contribution < -0.4 is 0 Å². The van der Waals surface area contributed by atoms with E-state index in [4.69, 9.17) is 0 Å². The number of hydrogen-bond acceptors (Lipinski definition) is 4. The summed E-state index contributed by atoms with van der Waals surface area (Å²) in [6.45, 7) is 2.10. The third kappa shape index (κ3) is 2.85. The molecule has 0 radical (unpaired) electrons. The van der Waals surface area contributed by atoms with Crippen LogP contribution in [0.25, 0.3) is 11.3 Å². The molecular weight excluding hydrogens is 272 g/mol. The second kappa shape index (κ2) is 5.55. The van der Waals surface area contributed by atoms with Gasteiger partial charge >= 0.3 is 0 Å². The largest absolute Gasteiger partial charge is 0.137 e. The molecule has 0 unspecified atom stereocenters. The van der Waals surface area contributed by atoms with E-state index < -0.39 is 0 Å². The van der Waals surface area contributed by atoms with Gasteiger partial charge in [-0.2, -0.15) is 0 Å². The predicted octanol–water partition coefficient (Wildman–Crippen LogP) is 4.66. The third-order valence-corrected chi connectivity index (χ3v) is 4.62. The van der Waals surface area contributed by atoms with Crippen molar-refractivity contribution in [1.82, 2.24) is 9.59 Å². The van der Waals surface area contributed by atoms with Gasteiger partial charge in [0.15, 0.2) is 0 Å². The highest BCUT2D eigenvalue weighted by Crippen LogP contribution is 2.37. The number of nitrogens with zero attached hydrogens (tertiary/aromatic N) is 2. The minimum Gasteiger partial charge on any atom is -0.137 e. The summed E-state index contributed by atoms with van der Waals surface area (Å²) in [5.41, 5.74) is 3.36. The van der Waals surface area contributed by atoms with Crippen LogP contribution in [0, 0.1) is 6.92 Å². The Kier molecular flexibility index (Phi) is 3.62. The Morgan fingerprint density at radius 1 is 0.947 bits per heavy atom. The molecule has 1 heterocycles. The van der Waals surface area contributed by atoms with Gasteiger partial charge < -0.3 is 0 Å². The van der Waals surface area contributed by atoms with Crippen molar-refractivity contribution < 1.29 is 0 Å². The van der Waals surface area contributed by atoms with Crippen molar-refractivity contribution in [3.8, 4) is 11.3 Å². The van der Waals surface area contributed by atoms with Crippen LogP contribution in [0.5, 0.6) is 0 Å². The average molecular weight is 284 g/mol. The van der Waals surface area contributed by atoms with Crippen molar-refractivity contribution in [1.29, 1.82) is 0 Å². The molecule has 0 aliphatic rings. The summed E-state index contributed by atoms with van der Waals surface area (Å²) in [5.74, 6) is 0. The number of aromatic nitrogens is 2. The maximum absolute atomic E-state index is 4.25. The quantitative estimate of drug-likeness (QED) is 0.699. The lowest BCUT2D eigenvalue weighted by molar-refractivity contribution is 1.15. The SMILES string of the molecule is Cc1ccc(Sc2snnc2-c2ccccc2)cc1. The van der Waals surface area contributed by atoms with Crippen LogP contribution >= 0.6 is 23.3 Å². The molecule has 0 aliphatic heterocycles. The Balaban J connectivity index is 1.91. The fourth-order valence-electron chi connectivity index (χ4n) is 1.73. The third-order valence-electron chi connectivity index (χ3n) is 2.74. The summed E-state index contributed by atoms with van der Waals surface area (Å²) in [4.78, 5) is 1.22. The van der Waals surface area contributed by atoms with Gasteiger partial charge in [0.1, 0.15) is 9.90 Å². The van der Waals surface area contributed by atoms with Crippen molar-refractivity contribution in [2.45, 2.75) is 16.0 Å². The Bertz CT molecular complexity index is 660. The van der Waals surface area contributed by atoms with Crippen molar-refractivity contribution in [3.05, 3.63) is 60.2 Å². The van der Waals surface area contributed by atoms with E-state index in [0.717, 1.165) is 15.5 Å². The van der Waals surface area contributed by atoms with Gasteiger partial charge in [-0.05, 0) is 30.6 Å². The normalized spacial score (nSPS) is 10.6. The molecule has 2 aromatic carbocycles. The van der Waals surface area contributed by atoms with E-state index in [2.05, 4.69) is 52.9 Å². The van der Waals surface area contributed by atoms with E-state index in [0.29, 0.717) is 0 Å². The molecule has 19 heavy (non-hydrogen) atoms. The highest BCUT2D eigenvalue weighted by molar-refractivity contribution is 8.01. The Morgan fingerprint density at radius 3 is 2.42 bits per heavy atom. The van der Waals surface area contributed by atoms with Gasteiger partial charge in [0.2, 0.25) is 0 Å². The zero-order chi connectivity index (χ0) is 13.1. The van der Waals surface area contributed by atoms with E-state index in [-0.39, 0.29) is 0 Å². The molecule has 0 saturated heterocycles. The van der Waals surface area contributed by atoms with E-state index in [9.17, 15) is 0 Å². The van der Waals surface area contributed by atoms with Crippen LogP contribution in [-0.4, -0.2) is 9.59 Å². The summed E-state index contributed by atoms with van der Waals surface area (Å²) >= 11 is 3.16. The van der Waals surface area contributed by atoms with Crippen molar-refractivity contribution in [2.24, 2.45) is 0 Å². The highest BCUT2D eigenvalue weighted by Gasteiger charge is 2.11. The monoisotopic (exact) mass is 284 g/mol. The van der Waals surface area contributed by atoms with Gasteiger partial charge in [0.05, 0.1) is 0 Å². The first-order valence-electron chi connectivity index (χ1n) is 5.95. The van der Waals surface area contributed by atoms with Crippen molar-refractivity contribution in [2.75, 3.05) is 0 Å². The fraction of sp³-hybridized carbons (Fsp3) is 0.0667. The van der Waals surface area contributed by atoms with Gasteiger partial charge in [0.25, 0.3) is 0 Å². The average Bonchev–Trinajstić information content (AvgIpc) is 2.90. The van der Waals surface area contributed by atoms with Gasteiger partial charge in [-0.25, -0.2) is 0 Å². The molecule has 0 atom stereocenters. The number of benzene rings is 2. The first kappa shape index (κ1) is 12.4. The number of rotatable bonds is 3. The lowest BCUT2D eigenvalue weighted by atomic mass is 10.2. The van der Waals surface area contributed by atoms with Crippen LogP contribution in [0.4, 0.5) is 0 Å². The van der Waals surface area contributed by atoms with Crippen molar-refractivity contribution in [3.63, 3.8) is 0 Å². The van der Waals surface area contributed by atoms with E-state index in [1.165, 1.54) is 22.0 Å². The lowest BCUT2D eigenvalue weighted by Crippen LogP contribution is -1.80. The highest BCUT2D eigenvalue weighted by atomic mass is 32.2. The molecule has 4 heteroatoms. The van der Waals surface area contributed by atoms with Crippen LogP contribution in [0.15, 0.2) is 63.7 Å². The molecule has 0 fully saturated rings. The zero-order valence-corrected chi connectivity index (χ0v) is 12.0. The molecule has 0 aliphatic carbocycles. The summed E-state index contributed by atoms with van der Waals surface area (Å²) < 4.78 is 5.22. The molecule has 0 bridgehead atoms. The molecule has 0 N–H and O–H groups in total. The number of aryl methyl sites for hydroxylation is 1. The summed E-state index contributed by atoms with van der Waals surface area (Å²) in [5, 5.41) is 4.25. The van der Waals surface area contributed by atoms with E-state index in [1.807, 2.05) is 18.2 Å².